The maximum Gasteiger partial charge on any atom is 0.357 e. The lowest BCUT2D eigenvalue weighted by Crippen LogP contribution is -2.07. The fourth-order valence-corrected chi connectivity index (χ4v) is 3.85. The third-order valence-corrected chi connectivity index (χ3v) is 4.94. The van der Waals surface area contributed by atoms with Gasteiger partial charge < -0.3 is 4.74 Å². The Labute approximate surface area is 150 Å². The van der Waals surface area contributed by atoms with E-state index in [9.17, 15) is 4.79 Å². The number of carbonyl (C=O) groups is 1. The predicted octanol–water partition coefficient (Wildman–Crippen LogP) is 5.34. The molecule has 5 rings (SSSR count). The second-order valence-corrected chi connectivity index (χ2v) is 6.32. The molecule has 0 saturated heterocycles. The van der Waals surface area contributed by atoms with Crippen LogP contribution in [0.15, 0.2) is 72.8 Å². The van der Waals surface area contributed by atoms with Crippen molar-refractivity contribution in [3.05, 3.63) is 78.5 Å². The average Bonchev–Trinajstić information content (AvgIpc) is 3.05. The van der Waals surface area contributed by atoms with Gasteiger partial charge in [-0.2, -0.15) is 0 Å². The average molecular weight is 337 g/mol. The van der Waals surface area contributed by atoms with Crippen molar-refractivity contribution in [3.63, 3.8) is 0 Å². The summed E-state index contributed by atoms with van der Waals surface area (Å²) in [5, 5.41) is 1.91. The molecule has 0 N–H and O–H groups in total. The number of ether oxygens (including phenoxy) is 1. The van der Waals surface area contributed by atoms with Crippen LogP contribution in [0.4, 0.5) is 0 Å². The fourth-order valence-electron chi connectivity index (χ4n) is 3.85. The third-order valence-electron chi connectivity index (χ3n) is 4.94. The van der Waals surface area contributed by atoms with Crippen molar-refractivity contribution in [2.75, 3.05) is 7.11 Å². The lowest BCUT2D eigenvalue weighted by atomic mass is 9.97. The Morgan fingerprint density at radius 3 is 2.27 bits per heavy atom. The maximum atomic E-state index is 12.4. The monoisotopic (exact) mass is 337 g/mol. The maximum absolute atomic E-state index is 12.4. The molecule has 3 nitrogen and oxygen atoms in total. The first-order valence-electron chi connectivity index (χ1n) is 8.50. The highest BCUT2D eigenvalue weighted by Gasteiger charge is 2.28. The predicted molar refractivity (Wildman–Crippen MR) is 103 cm³/mol. The normalized spacial score (nSPS) is 11.4. The first-order valence-corrected chi connectivity index (χ1v) is 8.50. The van der Waals surface area contributed by atoms with Crippen LogP contribution >= 0.6 is 0 Å². The van der Waals surface area contributed by atoms with Gasteiger partial charge in [-0.05, 0) is 16.7 Å². The molecule has 0 amide bonds. The molecule has 3 aromatic carbocycles. The quantitative estimate of drug-likeness (QED) is 0.408. The largest absolute Gasteiger partial charge is 0.464 e. The zero-order valence-electron chi connectivity index (χ0n) is 14.2. The zero-order valence-corrected chi connectivity index (χ0v) is 14.2. The van der Waals surface area contributed by atoms with E-state index in [4.69, 9.17) is 9.72 Å². The molecular formula is C23H15NO2. The van der Waals surface area contributed by atoms with Gasteiger partial charge in [0, 0.05) is 21.9 Å². The summed E-state index contributed by atoms with van der Waals surface area (Å²) in [7, 11) is 1.39. The Morgan fingerprint density at radius 1 is 0.808 bits per heavy atom. The van der Waals surface area contributed by atoms with Crippen molar-refractivity contribution < 1.29 is 9.53 Å². The number of carbonyl (C=O) groups excluding carboxylic acids is 1. The Morgan fingerprint density at radius 2 is 1.50 bits per heavy atom. The molecule has 1 aliphatic carbocycles. The van der Waals surface area contributed by atoms with Crippen molar-refractivity contribution in [1.29, 1.82) is 0 Å². The topological polar surface area (TPSA) is 39.2 Å². The molecule has 26 heavy (non-hydrogen) atoms. The third kappa shape index (κ3) is 1.94. The summed E-state index contributed by atoms with van der Waals surface area (Å²) in [5.41, 5.74) is 6.72. The van der Waals surface area contributed by atoms with E-state index in [1.807, 2.05) is 54.6 Å². The summed E-state index contributed by atoms with van der Waals surface area (Å²) in [6.45, 7) is 0. The van der Waals surface area contributed by atoms with E-state index < -0.39 is 5.97 Å². The number of pyridine rings is 1. The number of nitrogens with zero attached hydrogens (tertiary/aromatic N) is 1. The molecule has 0 atom stereocenters. The van der Waals surface area contributed by atoms with Gasteiger partial charge in [-0.15, -0.1) is 0 Å². The number of rotatable bonds is 2. The summed E-state index contributed by atoms with van der Waals surface area (Å²) in [5.74, 6) is -0.415. The molecule has 0 spiro atoms. The van der Waals surface area contributed by atoms with Crippen molar-refractivity contribution in [1.82, 2.24) is 4.98 Å². The molecule has 0 bridgehead atoms. The number of hydrogen-bond donors (Lipinski definition) is 0. The molecule has 0 saturated carbocycles. The van der Waals surface area contributed by atoms with Crippen LogP contribution in [-0.4, -0.2) is 18.1 Å². The van der Waals surface area contributed by atoms with Crippen LogP contribution in [0.2, 0.25) is 0 Å². The number of fused-ring (bicyclic) bond motifs is 3. The highest BCUT2D eigenvalue weighted by molar-refractivity contribution is 6.21. The van der Waals surface area contributed by atoms with Gasteiger partial charge in [0.15, 0.2) is 5.69 Å². The summed E-state index contributed by atoms with van der Waals surface area (Å²) < 4.78 is 5.01. The number of benzene rings is 3. The van der Waals surface area contributed by atoms with Crippen LogP contribution < -0.4 is 0 Å². The second kappa shape index (κ2) is 5.53. The van der Waals surface area contributed by atoms with E-state index in [1.165, 1.54) is 12.7 Å². The Hall–Kier alpha value is -3.46. The second-order valence-electron chi connectivity index (χ2n) is 6.32. The molecule has 3 heteroatoms. The standard InChI is InChI=1S/C23H15NO2/c1-26-23(25)22-18-13-7-12-16-15-10-5-6-11-17(15)20(19(16)18)21(24-22)14-8-3-2-4-9-14/h2-13H,1H3. The van der Waals surface area contributed by atoms with Gasteiger partial charge in [-0.25, -0.2) is 9.78 Å². The van der Waals surface area contributed by atoms with E-state index in [0.717, 1.165) is 38.7 Å². The SMILES string of the molecule is COC(=O)c1nc(-c2ccccc2)c2c3c(cccc13)-c1ccccc1-2. The van der Waals surface area contributed by atoms with Crippen LogP contribution in [-0.2, 0) is 4.74 Å². The molecule has 1 heterocycles. The fraction of sp³-hybridized carbons (Fsp3) is 0.0435. The van der Waals surface area contributed by atoms with E-state index in [1.54, 1.807) is 0 Å². The van der Waals surface area contributed by atoms with Crippen LogP contribution in [0.25, 0.3) is 44.3 Å². The molecule has 1 aromatic heterocycles. The molecule has 0 unspecified atom stereocenters. The molecule has 124 valence electrons. The van der Waals surface area contributed by atoms with E-state index in [-0.39, 0.29) is 0 Å². The molecule has 4 aromatic rings. The minimum Gasteiger partial charge on any atom is -0.464 e. The summed E-state index contributed by atoms with van der Waals surface area (Å²) >= 11 is 0. The van der Waals surface area contributed by atoms with Gasteiger partial charge in [0.2, 0.25) is 0 Å². The summed E-state index contributed by atoms with van der Waals surface area (Å²) in [4.78, 5) is 17.2. The van der Waals surface area contributed by atoms with Crippen LogP contribution in [0, 0.1) is 0 Å². The van der Waals surface area contributed by atoms with E-state index >= 15 is 0 Å². The first-order chi connectivity index (χ1) is 12.8. The summed E-state index contributed by atoms with van der Waals surface area (Å²) in [6.07, 6.45) is 0. The smallest absolute Gasteiger partial charge is 0.357 e. The number of hydrogen-bond acceptors (Lipinski definition) is 3. The highest BCUT2D eigenvalue weighted by atomic mass is 16.5. The van der Waals surface area contributed by atoms with Crippen LogP contribution in [0.3, 0.4) is 0 Å². The van der Waals surface area contributed by atoms with Crippen molar-refractivity contribution in [2.45, 2.75) is 0 Å². The lowest BCUT2D eigenvalue weighted by molar-refractivity contribution is 0.0596. The van der Waals surface area contributed by atoms with Crippen molar-refractivity contribution in [2.24, 2.45) is 0 Å². The number of methoxy groups -OCH3 is 1. The minimum absolute atomic E-state index is 0.361. The van der Waals surface area contributed by atoms with Crippen molar-refractivity contribution in [3.8, 4) is 33.5 Å². The van der Waals surface area contributed by atoms with E-state index in [2.05, 4.69) is 18.2 Å². The van der Waals surface area contributed by atoms with Gasteiger partial charge in [0.1, 0.15) is 0 Å². The Balaban J connectivity index is 1.99. The molecule has 1 aliphatic rings. The minimum atomic E-state index is -0.415. The van der Waals surface area contributed by atoms with Gasteiger partial charge in [-0.3, -0.25) is 0 Å². The Kier molecular flexibility index (Phi) is 3.16. The van der Waals surface area contributed by atoms with Crippen LogP contribution in [0.1, 0.15) is 10.5 Å². The van der Waals surface area contributed by atoms with Gasteiger partial charge in [0.25, 0.3) is 0 Å². The highest BCUT2D eigenvalue weighted by Crippen LogP contribution is 2.50. The van der Waals surface area contributed by atoms with E-state index in [0.29, 0.717) is 5.69 Å². The van der Waals surface area contributed by atoms with Crippen LogP contribution in [0.5, 0.6) is 0 Å². The molecular weight excluding hydrogens is 322 g/mol. The van der Waals surface area contributed by atoms with Gasteiger partial charge in [-0.1, -0.05) is 72.8 Å². The zero-order chi connectivity index (χ0) is 17.7. The van der Waals surface area contributed by atoms with Gasteiger partial charge >= 0.3 is 5.97 Å². The molecule has 0 radical (unpaired) electrons. The summed E-state index contributed by atoms with van der Waals surface area (Å²) in [6, 6.07) is 24.3. The number of aromatic nitrogens is 1. The Bertz CT molecular complexity index is 1180. The van der Waals surface area contributed by atoms with Gasteiger partial charge in [0.05, 0.1) is 12.8 Å². The molecule has 0 fully saturated rings. The number of esters is 1. The van der Waals surface area contributed by atoms with Crippen molar-refractivity contribution >= 4 is 16.7 Å². The first kappa shape index (κ1) is 14.8. The lowest BCUT2D eigenvalue weighted by Gasteiger charge is -2.13. The molecule has 0 aliphatic heterocycles.